The molecular weight excluding hydrogens is 234 g/mol. The van der Waals surface area contributed by atoms with Gasteiger partial charge in [0.15, 0.2) is 0 Å². The van der Waals surface area contributed by atoms with Crippen LogP contribution in [0.15, 0.2) is 0 Å². The standard InChI is InChI=1S/C17H33NO/c1-2-15-9-11-17(19,12-10-15)14-18-13-16-7-5-3-4-6-8-16/h15-16,18-19H,2-14H2,1H3. The van der Waals surface area contributed by atoms with E-state index in [1.165, 1.54) is 57.8 Å². The van der Waals surface area contributed by atoms with Crippen LogP contribution in [0, 0.1) is 11.8 Å². The van der Waals surface area contributed by atoms with Gasteiger partial charge in [-0.1, -0.05) is 39.0 Å². The Kier molecular flexibility index (Phi) is 6.15. The summed E-state index contributed by atoms with van der Waals surface area (Å²) in [7, 11) is 0. The van der Waals surface area contributed by atoms with Gasteiger partial charge in [0.2, 0.25) is 0 Å². The van der Waals surface area contributed by atoms with E-state index in [-0.39, 0.29) is 0 Å². The second-order valence-electron chi connectivity index (χ2n) is 7.06. The summed E-state index contributed by atoms with van der Waals surface area (Å²) < 4.78 is 0. The second-order valence-corrected chi connectivity index (χ2v) is 7.06. The van der Waals surface area contributed by atoms with Gasteiger partial charge in [0.1, 0.15) is 0 Å². The fraction of sp³-hybridized carbons (Fsp3) is 1.00. The molecule has 2 rings (SSSR count). The molecule has 2 fully saturated rings. The van der Waals surface area contributed by atoms with Gasteiger partial charge in [0.05, 0.1) is 5.60 Å². The normalized spacial score (nSPS) is 34.1. The molecule has 0 radical (unpaired) electrons. The first-order valence-electron chi connectivity index (χ1n) is 8.65. The zero-order valence-corrected chi connectivity index (χ0v) is 12.8. The Morgan fingerprint density at radius 3 is 2.16 bits per heavy atom. The van der Waals surface area contributed by atoms with E-state index in [1.807, 2.05) is 0 Å². The third-order valence-electron chi connectivity index (χ3n) is 5.48. The first-order valence-corrected chi connectivity index (χ1v) is 8.65. The largest absolute Gasteiger partial charge is 0.389 e. The highest BCUT2D eigenvalue weighted by Crippen LogP contribution is 2.33. The van der Waals surface area contributed by atoms with Crippen molar-refractivity contribution >= 4 is 0 Å². The van der Waals surface area contributed by atoms with Crippen molar-refractivity contribution < 1.29 is 5.11 Å². The number of nitrogens with one attached hydrogen (secondary N) is 1. The monoisotopic (exact) mass is 267 g/mol. The second kappa shape index (κ2) is 7.64. The molecule has 2 nitrogen and oxygen atoms in total. The van der Waals surface area contributed by atoms with Crippen molar-refractivity contribution in [1.82, 2.24) is 5.32 Å². The minimum absolute atomic E-state index is 0.406. The van der Waals surface area contributed by atoms with Crippen LogP contribution in [-0.4, -0.2) is 23.8 Å². The van der Waals surface area contributed by atoms with E-state index in [1.54, 1.807) is 0 Å². The molecule has 2 aliphatic rings. The maximum Gasteiger partial charge on any atom is 0.0771 e. The molecule has 2 N–H and O–H groups in total. The van der Waals surface area contributed by atoms with Gasteiger partial charge in [0.25, 0.3) is 0 Å². The summed E-state index contributed by atoms with van der Waals surface area (Å²) in [5, 5.41) is 14.2. The summed E-state index contributed by atoms with van der Waals surface area (Å²) in [6.45, 7) is 4.22. The summed E-state index contributed by atoms with van der Waals surface area (Å²) in [6.07, 6.45) is 14.2. The quantitative estimate of drug-likeness (QED) is 0.741. The lowest BCUT2D eigenvalue weighted by Gasteiger charge is -2.36. The number of hydrogen-bond acceptors (Lipinski definition) is 2. The molecular formula is C17H33NO. The van der Waals surface area contributed by atoms with Crippen LogP contribution in [0.1, 0.15) is 77.6 Å². The maximum absolute atomic E-state index is 10.6. The molecule has 0 aromatic heterocycles. The smallest absolute Gasteiger partial charge is 0.0771 e. The molecule has 0 aromatic rings. The van der Waals surface area contributed by atoms with Crippen LogP contribution in [0.2, 0.25) is 0 Å². The molecule has 0 bridgehead atoms. The molecule has 0 atom stereocenters. The molecule has 112 valence electrons. The molecule has 0 saturated heterocycles. The van der Waals surface area contributed by atoms with Crippen LogP contribution >= 0.6 is 0 Å². The highest BCUT2D eigenvalue weighted by Gasteiger charge is 2.32. The number of hydrogen-bond donors (Lipinski definition) is 2. The minimum atomic E-state index is -0.406. The van der Waals surface area contributed by atoms with E-state index < -0.39 is 5.60 Å². The molecule has 0 spiro atoms. The molecule has 0 aliphatic heterocycles. The summed E-state index contributed by atoms with van der Waals surface area (Å²) in [4.78, 5) is 0. The molecule has 19 heavy (non-hydrogen) atoms. The molecule has 0 aromatic carbocycles. The summed E-state index contributed by atoms with van der Waals surface area (Å²) in [5.74, 6) is 1.72. The van der Waals surface area contributed by atoms with E-state index in [2.05, 4.69) is 12.2 Å². The van der Waals surface area contributed by atoms with Crippen molar-refractivity contribution in [2.45, 2.75) is 83.2 Å². The Morgan fingerprint density at radius 1 is 0.947 bits per heavy atom. The summed E-state index contributed by atoms with van der Waals surface area (Å²) >= 11 is 0. The topological polar surface area (TPSA) is 32.3 Å². The van der Waals surface area contributed by atoms with Crippen LogP contribution in [-0.2, 0) is 0 Å². The van der Waals surface area contributed by atoms with Gasteiger partial charge in [-0.2, -0.15) is 0 Å². The molecule has 2 saturated carbocycles. The highest BCUT2D eigenvalue weighted by atomic mass is 16.3. The molecule has 0 amide bonds. The van der Waals surface area contributed by atoms with Crippen molar-refractivity contribution in [3.63, 3.8) is 0 Å². The first kappa shape index (κ1) is 15.3. The van der Waals surface area contributed by atoms with Crippen LogP contribution in [0.5, 0.6) is 0 Å². The van der Waals surface area contributed by atoms with E-state index >= 15 is 0 Å². The zero-order chi connectivity index (χ0) is 13.6. The Balaban J connectivity index is 1.64. The van der Waals surface area contributed by atoms with Gasteiger partial charge in [0, 0.05) is 6.54 Å². The fourth-order valence-corrected chi connectivity index (χ4v) is 3.88. The molecule has 0 heterocycles. The van der Waals surface area contributed by atoms with E-state index in [9.17, 15) is 5.11 Å². The van der Waals surface area contributed by atoms with Gasteiger partial charge in [-0.3, -0.25) is 0 Å². The lowest BCUT2D eigenvalue weighted by molar-refractivity contribution is -0.00918. The van der Waals surface area contributed by atoms with Crippen LogP contribution < -0.4 is 5.32 Å². The summed E-state index contributed by atoms with van der Waals surface area (Å²) in [6, 6.07) is 0. The number of rotatable bonds is 5. The lowest BCUT2D eigenvalue weighted by Crippen LogP contribution is -2.44. The Labute approximate surface area is 119 Å². The van der Waals surface area contributed by atoms with Crippen LogP contribution in [0.3, 0.4) is 0 Å². The predicted molar refractivity (Wildman–Crippen MR) is 81.3 cm³/mol. The number of aliphatic hydroxyl groups is 1. The van der Waals surface area contributed by atoms with E-state index in [4.69, 9.17) is 0 Å². The average Bonchev–Trinajstić information content (AvgIpc) is 2.68. The fourth-order valence-electron chi connectivity index (χ4n) is 3.88. The van der Waals surface area contributed by atoms with Gasteiger partial charge in [-0.25, -0.2) is 0 Å². The van der Waals surface area contributed by atoms with Crippen LogP contribution in [0.4, 0.5) is 0 Å². The third-order valence-corrected chi connectivity index (χ3v) is 5.48. The van der Waals surface area contributed by atoms with Gasteiger partial charge < -0.3 is 10.4 Å². The van der Waals surface area contributed by atoms with Crippen molar-refractivity contribution in [2.75, 3.05) is 13.1 Å². The third kappa shape index (κ3) is 5.07. The van der Waals surface area contributed by atoms with Gasteiger partial charge in [-0.05, 0) is 56.9 Å². The molecule has 2 aliphatic carbocycles. The van der Waals surface area contributed by atoms with E-state index in [0.29, 0.717) is 0 Å². The van der Waals surface area contributed by atoms with E-state index in [0.717, 1.165) is 37.8 Å². The summed E-state index contributed by atoms with van der Waals surface area (Å²) in [5.41, 5.74) is -0.406. The molecule has 2 heteroatoms. The SMILES string of the molecule is CCC1CCC(O)(CNCC2CCCCCC2)CC1. The lowest BCUT2D eigenvalue weighted by atomic mass is 9.78. The minimum Gasteiger partial charge on any atom is -0.389 e. The van der Waals surface area contributed by atoms with Gasteiger partial charge in [-0.15, -0.1) is 0 Å². The first-order chi connectivity index (χ1) is 9.22. The average molecular weight is 267 g/mol. The van der Waals surface area contributed by atoms with Gasteiger partial charge >= 0.3 is 0 Å². The molecule has 0 unspecified atom stereocenters. The van der Waals surface area contributed by atoms with Crippen molar-refractivity contribution in [3.05, 3.63) is 0 Å². The van der Waals surface area contributed by atoms with Crippen LogP contribution in [0.25, 0.3) is 0 Å². The Hall–Kier alpha value is -0.0800. The van der Waals surface area contributed by atoms with Crippen molar-refractivity contribution in [2.24, 2.45) is 11.8 Å². The van der Waals surface area contributed by atoms with Crippen molar-refractivity contribution in [3.8, 4) is 0 Å². The Morgan fingerprint density at radius 2 is 1.58 bits per heavy atom. The zero-order valence-electron chi connectivity index (χ0n) is 12.8. The Bertz CT molecular complexity index is 238. The predicted octanol–water partition coefficient (Wildman–Crippen LogP) is 3.88. The van der Waals surface area contributed by atoms with Crippen molar-refractivity contribution in [1.29, 1.82) is 0 Å². The highest BCUT2D eigenvalue weighted by molar-refractivity contribution is 4.87. The maximum atomic E-state index is 10.6.